The van der Waals surface area contributed by atoms with Crippen LogP contribution in [-0.4, -0.2) is 42.2 Å². The molecule has 0 unspecified atom stereocenters. The van der Waals surface area contributed by atoms with Gasteiger partial charge in [0.05, 0.1) is 41.9 Å². The van der Waals surface area contributed by atoms with E-state index in [1.165, 1.54) is 0 Å². The average Bonchev–Trinajstić information content (AvgIpc) is 2.85. The lowest BCUT2D eigenvalue weighted by Gasteiger charge is -2.27. The molecule has 1 fully saturated rings. The van der Waals surface area contributed by atoms with E-state index in [0.717, 1.165) is 46.6 Å². The van der Waals surface area contributed by atoms with Crippen molar-refractivity contribution >= 4 is 28.3 Å². The van der Waals surface area contributed by atoms with E-state index < -0.39 is 0 Å². The maximum absolute atomic E-state index is 13.3. The largest absolute Gasteiger partial charge is 0.378 e. The van der Waals surface area contributed by atoms with Gasteiger partial charge in [0, 0.05) is 24.0 Å². The van der Waals surface area contributed by atoms with E-state index in [2.05, 4.69) is 15.2 Å². The van der Waals surface area contributed by atoms with Gasteiger partial charge in [-0.1, -0.05) is 42.0 Å². The number of morpholine rings is 1. The molecule has 1 saturated heterocycles. The van der Waals surface area contributed by atoms with Crippen molar-refractivity contribution < 1.29 is 9.53 Å². The maximum Gasteiger partial charge on any atom is 0.256 e. The predicted molar refractivity (Wildman–Crippen MR) is 127 cm³/mol. The van der Waals surface area contributed by atoms with Crippen LogP contribution in [0.2, 0.25) is 0 Å². The van der Waals surface area contributed by atoms with Crippen LogP contribution in [0.25, 0.3) is 22.2 Å². The molecule has 2 aromatic carbocycles. The Morgan fingerprint density at radius 3 is 2.56 bits per heavy atom. The number of aryl methyl sites for hydroxylation is 1. The van der Waals surface area contributed by atoms with Gasteiger partial charge in [0.2, 0.25) is 0 Å². The van der Waals surface area contributed by atoms with Gasteiger partial charge >= 0.3 is 0 Å². The average molecular weight is 425 g/mol. The Bertz CT molecular complexity index is 1250. The topological polar surface area (TPSA) is 67.4 Å². The fraction of sp³-hybridized carbons (Fsp3) is 0.192. The molecule has 32 heavy (non-hydrogen) atoms. The van der Waals surface area contributed by atoms with Crippen LogP contribution in [0, 0.1) is 6.92 Å². The van der Waals surface area contributed by atoms with Crippen molar-refractivity contribution in [3.05, 3.63) is 84.1 Å². The number of nitrogens with one attached hydrogen (secondary N) is 1. The van der Waals surface area contributed by atoms with Gasteiger partial charge in [0.15, 0.2) is 0 Å². The van der Waals surface area contributed by atoms with Crippen LogP contribution in [0.4, 0.5) is 11.5 Å². The summed E-state index contributed by atoms with van der Waals surface area (Å²) in [6.07, 6.45) is 1.70. The van der Waals surface area contributed by atoms with Crippen molar-refractivity contribution in [2.45, 2.75) is 6.92 Å². The van der Waals surface area contributed by atoms with E-state index >= 15 is 0 Å². The summed E-state index contributed by atoms with van der Waals surface area (Å²) in [4.78, 5) is 24.8. The number of aromatic nitrogens is 2. The molecule has 0 atom stereocenters. The highest BCUT2D eigenvalue weighted by Crippen LogP contribution is 2.26. The van der Waals surface area contributed by atoms with Crippen LogP contribution < -0.4 is 10.2 Å². The Labute approximate surface area is 186 Å². The first-order valence-corrected chi connectivity index (χ1v) is 10.7. The van der Waals surface area contributed by atoms with Gasteiger partial charge in [-0.05, 0) is 37.3 Å². The van der Waals surface area contributed by atoms with Gasteiger partial charge in [0.25, 0.3) is 5.91 Å². The number of hydrogen-bond acceptors (Lipinski definition) is 5. The Kier molecular flexibility index (Phi) is 5.52. The molecule has 0 saturated carbocycles. The van der Waals surface area contributed by atoms with Gasteiger partial charge in [-0.15, -0.1) is 0 Å². The smallest absolute Gasteiger partial charge is 0.256 e. The zero-order chi connectivity index (χ0) is 21.9. The number of amides is 1. The van der Waals surface area contributed by atoms with E-state index in [9.17, 15) is 4.79 Å². The molecule has 4 aromatic rings. The molecule has 1 N–H and O–H groups in total. The molecule has 160 valence electrons. The Balaban J connectivity index is 1.46. The molecule has 1 amide bonds. The highest BCUT2D eigenvalue weighted by molar-refractivity contribution is 6.13. The highest BCUT2D eigenvalue weighted by Gasteiger charge is 2.16. The van der Waals surface area contributed by atoms with Gasteiger partial charge in [0.1, 0.15) is 5.82 Å². The number of carbonyl (C=O) groups excluding carboxylic acids is 1. The summed E-state index contributed by atoms with van der Waals surface area (Å²) < 4.78 is 5.40. The molecule has 2 aromatic heterocycles. The van der Waals surface area contributed by atoms with Crippen molar-refractivity contribution in [3.63, 3.8) is 0 Å². The molecule has 0 spiro atoms. The second kappa shape index (κ2) is 8.77. The third-order valence-corrected chi connectivity index (χ3v) is 5.62. The number of anilines is 2. The summed E-state index contributed by atoms with van der Waals surface area (Å²) in [7, 11) is 0. The van der Waals surface area contributed by atoms with Crippen molar-refractivity contribution in [2.75, 3.05) is 36.5 Å². The molecular weight excluding hydrogens is 400 g/mol. The van der Waals surface area contributed by atoms with E-state index in [0.29, 0.717) is 24.5 Å². The normalized spacial score (nSPS) is 13.8. The summed E-state index contributed by atoms with van der Waals surface area (Å²) in [6.45, 7) is 5.07. The van der Waals surface area contributed by atoms with Crippen molar-refractivity contribution in [3.8, 4) is 11.3 Å². The van der Waals surface area contributed by atoms with Crippen molar-refractivity contribution in [2.24, 2.45) is 0 Å². The van der Waals surface area contributed by atoms with Gasteiger partial charge in [-0.2, -0.15) is 0 Å². The van der Waals surface area contributed by atoms with E-state index in [1.54, 1.807) is 6.20 Å². The lowest BCUT2D eigenvalue weighted by molar-refractivity contribution is 0.102. The summed E-state index contributed by atoms with van der Waals surface area (Å²) in [5.41, 5.74) is 4.87. The summed E-state index contributed by atoms with van der Waals surface area (Å²) in [6, 6.07) is 21.6. The summed E-state index contributed by atoms with van der Waals surface area (Å²) >= 11 is 0. The first-order valence-electron chi connectivity index (χ1n) is 10.7. The SMILES string of the molecule is Cc1ccc2nc(-c3ccccc3)cc(C(=O)Nc3ccc(N4CCOCC4)nc3)c2c1. The minimum absolute atomic E-state index is 0.180. The van der Waals surface area contributed by atoms with Crippen LogP contribution in [0.3, 0.4) is 0 Å². The number of fused-ring (bicyclic) bond motifs is 1. The number of ether oxygens (including phenoxy) is 1. The molecule has 6 heteroatoms. The Hall–Kier alpha value is -3.77. The maximum atomic E-state index is 13.3. The molecular formula is C26H24N4O2. The van der Waals surface area contributed by atoms with E-state index in [1.807, 2.05) is 73.7 Å². The lowest BCUT2D eigenvalue weighted by Crippen LogP contribution is -2.36. The number of rotatable bonds is 4. The molecule has 1 aliphatic heterocycles. The third kappa shape index (κ3) is 4.18. The number of pyridine rings is 2. The quantitative estimate of drug-likeness (QED) is 0.515. The number of benzene rings is 2. The molecule has 1 aliphatic rings. The van der Waals surface area contributed by atoms with E-state index in [4.69, 9.17) is 9.72 Å². The molecule has 3 heterocycles. The minimum atomic E-state index is -0.180. The van der Waals surface area contributed by atoms with Crippen LogP contribution in [0.1, 0.15) is 15.9 Å². The third-order valence-electron chi connectivity index (χ3n) is 5.62. The first kappa shape index (κ1) is 20.2. The standard InChI is InChI=1S/C26H24N4O2/c1-18-7-9-23-21(15-18)22(16-24(29-23)19-5-3-2-4-6-19)26(31)28-20-8-10-25(27-17-20)30-11-13-32-14-12-30/h2-10,15-17H,11-14H2,1H3,(H,28,31). The predicted octanol–water partition coefficient (Wildman–Crippen LogP) is 4.69. The molecule has 0 bridgehead atoms. The minimum Gasteiger partial charge on any atom is -0.378 e. The Morgan fingerprint density at radius 2 is 1.81 bits per heavy atom. The highest BCUT2D eigenvalue weighted by atomic mass is 16.5. The lowest BCUT2D eigenvalue weighted by atomic mass is 10.0. The van der Waals surface area contributed by atoms with Crippen molar-refractivity contribution in [1.29, 1.82) is 0 Å². The monoisotopic (exact) mass is 424 g/mol. The van der Waals surface area contributed by atoms with E-state index in [-0.39, 0.29) is 5.91 Å². The summed E-state index contributed by atoms with van der Waals surface area (Å²) in [5.74, 6) is 0.712. The summed E-state index contributed by atoms with van der Waals surface area (Å²) in [5, 5.41) is 3.84. The van der Waals surface area contributed by atoms with Crippen LogP contribution in [0.15, 0.2) is 72.9 Å². The van der Waals surface area contributed by atoms with Crippen LogP contribution in [-0.2, 0) is 4.74 Å². The van der Waals surface area contributed by atoms with Gasteiger partial charge < -0.3 is 15.0 Å². The second-order valence-electron chi connectivity index (χ2n) is 7.90. The van der Waals surface area contributed by atoms with Gasteiger partial charge in [-0.3, -0.25) is 4.79 Å². The molecule has 0 radical (unpaired) electrons. The zero-order valence-electron chi connectivity index (χ0n) is 17.9. The number of nitrogens with zero attached hydrogens (tertiary/aromatic N) is 3. The number of hydrogen-bond donors (Lipinski definition) is 1. The fourth-order valence-electron chi connectivity index (χ4n) is 3.92. The fourth-order valence-corrected chi connectivity index (χ4v) is 3.92. The zero-order valence-corrected chi connectivity index (χ0v) is 17.9. The van der Waals surface area contributed by atoms with Crippen molar-refractivity contribution in [1.82, 2.24) is 9.97 Å². The molecule has 0 aliphatic carbocycles. The van der Waals surface area contributed by atoms with Crippen LogP contribution >= 0.6 is 0 Å². The van der Waals surface area contributed by atoms with Gasteiger partial charge in [-0.25, -0.2) is 9.97 Å². The number of carbonyl (C=O) groups is 1. The molecule has 6 nitrogen and oxygen atoms in total. The Morgan fingerprint density at radius 1 is 1.00 bits per heavy atom. The first-order chi connectivity index (χ1) is 15.7. The molecule has 5 rings (SSSR count). The second-order valence-corrected chi connectivity index (χ2v) is 7.90. The van der Waals surface area contributed by atoms with Crippen LogP contribution in [0.5, 0.6) is 0 Å².